The number of aliphatic hydroxyl groups is 1. The number of phenolic OH excluding ortho intramolecular Hbond substituents is 1. The molecule has 3 aromatic rings. The maximum Gasteiger partial charge on any atom is 0.410 e. The Balaban J connectivity index is 1.64. The van der Waals surface area contributed by atoms with Gasteiger partial charge >= 0.3 is 11.0 Å². The van der Waals surface area contributed by atoms with Crippen molar-refractivity contribution >= 4 is 27.6 Å². The smallest absolute Gasteiger partial charge is 0.410 e. The van der Waals surface area contributed by atoms with Crippen LogP contribution in [-0.4, -0.2) is 59.0 Å². The Kier molecular flexibility index (Phi) is 8.49. The van der Waals surface area contributed by atoms with Gasteiger partial charge in [0.2, 0.25) is 0 Å². The zero-order valence-corrected chi connectivity index (χ0v) is 19.8. The van der Waals surface area contributed by atoms with E-state index in [4.69, 9.17) is 4.74 Å². The molecule has 8 nitrogen and oxygen atoms in total. The summed E-state index contributed by atoms with van der Waals surface area (Å²) in [7, 11) is 0. The quantitative estimate of drug-likeness (QED) is 0.318. The van der Waals surface area contributed by atoms with Crippen LogP contribution >= 0.6 is 11.3 Å². The fraction of sp³-hybridized carbons (Fsp3) is 0.417. The van der Waals surface area contributed by atoms with Crippen molar-refractivity contribution in [3.05, 3.63) is 63.3 Å². The van der Waals surface area contributed by atoms with E-state index in [1.54, 1.807) is 17.0 Å². The molecule has 9 heteroatoms. The number of thiazole rings is 1. The highest BCUT2D eigenvalue weighted by Crippen LogP contribution is 2.28. The van der Waals surface area contributed by atoms with Crippen molar-refractivity contribution in [2.75, 3.05) is 32.8 Å². The highest BCUT2D eigenvalue weighted by Gasteiger charge is 2.18. The van der Waals surface area contributed by atoms with Crippen molar-refractivity contribution in [1.29, 1.82) is 0 Å². The highest BCUT2D eigenvalue weighted by molar-refractivity contribution is 7.16. The molecule has 3 rings (SSSR count). The number of hydrogen-bond acceptors (Lipinski definition) is 7. The summed E-state index contributed by atoms with van der Waals surface area (Å²) in [4.78, 5) is 28.7. The van der Waals surface area contributed by atoms with Crippen molar-refractivity contribution in [2.45, 2.75) is 26.8 Å². The maximum absolute atomic E-state index is 12.8. The van der Waals surface area contributed by atoms with Gasteiger partial charge in [-0.15, -0.1) is 0 Å². The lowest BCUT2D eigenvalue weighted by atomic mass is 9.95. The van der Waals surface area contributed by atoms with Crippen LogP contribution in [0.3, 0.4) is 0 Å². The number of aliphatic hydroxyl groups excluding tert-OH is 1. The second-order valence-electron chi connectivity index (χ2n) is 8.73. The summed E-state index contributed by atoms with van der Waals surface area (Å²) in [6, 6.07) is 13.0. The molecule has 0 aliphatic rings. The van der Waals surface area contributed by atoms with Gasteiger partial charge < -0.3 is 30.2 Å². The minimum Gasteiger partial charge on any atom is -0.506 e. The van der Waals surface area contributed by atoms with Crippen LogP contribution in [0.25, 0.3) is 10.2 Å². The first-order valence-electron chi connectivity index (χ1n) is 10.9. The molecule has 0 saturated heterocycles. The van der Waals surface area contributed by atoms with Crippen LogP contribution < -0.4 is 10.2 Å². The third-order valence-corrected chi connectivity index (χ3v) is 6.26. The lowest BCUT2D eigenvalue weighted by Gasteiger charge is -2.24. The Bertz CT molecular complexity index is 1110. The number of aromatic amines is 1. The maximum atomic E-state index is 12.8. The molecule has 0 fully saturated rings. The summed E-state index contributed by atoms with van der Waals surface area (Å²) in [6.07, 6.45) is 0.0921. The molecule has 4 N–H and O–H groups in total. The molecule has 178 valence electrons. The number of aromatic hydroxyl groups is 1. The Labute approximate surface area is 196 Å². The van der Waals surface area contributed by atoms with Gasteiger partial charge in [0.15, 0.2) is 0 Å². The number of phenols is 1. The second kappa shape index (κ2) is 11.3. The fourth-order valence-electron chi connectivity index (χ4n) is 3.35. The van der Waals surface area contributed by atoms with Crippen LogP contribution in [0.5, 0.6) is 5.75 Å². The van der Waals surface area contributed by atoms with E-state index in [1.807, 2.05) is 44.2 Å². The molecule has 2 aromatic carbocycles. The first kappa shape index (κ1) is 24.8. The molecule has 0 unspecified atom stereocenters. The van der Waals surface area contributed by atoms with Crippen LogP contribution in [0.2, 0.25) is 0 Å². The number of aromatic nitrogens is 1. The molecule has 0 aliphatic carbocycles. The van der Waals surface area contributed by atoms with Gasteiger partial charge in [-0.25, -0.2) is 4.79 Å². The zero-order chi connectivity index (χ0) is 23.8. The number of rotatable bonds is 11. The molecule has 0 bridgehead atoms. The lowest BCUT2D eigenvalue weighted by molar-refractivity contribution is 0.0984. The first-order chi connectivity index (χ1) is 15.8. The topological polar surface area (TPSA) is 115 Å². The summed E-state index contributed by atoms with van der Waals surface area (Å²) >= 11 is 1.05. The number of ether oxygens (including phenoxy) is 1. The van der Waals surface area contributed by atoms with E-state index in [2.05, 4.69) is 10.3 Å². The number of nitrogens with one attached hydrogen (secondary N) is 2. The second-order valence-corrected chi connectivity index (χ2v) is 9.72. The largest absolute Gasteiger partial charge is 0.506 e. The van der Waals surface area contributed by atoms with Crippen molar-refractivity contribution in [3.8, 4) is 5.75 Å². The standard InChI is InChI=1S/C24H31N3O5S/c1-24(2,16-28)15-25-11-13-32-23(31)27(14-17-6-4-3-5-7-17)12-10-18-8-9-19(29)20-21(18)33-22(30)26-20/h3-9,25,28-29H,10-16H2,1-2H3,(H,26,30). The van der Waals surface area contributed by atoms with Crippen molar-refractivity contribution in [2.24, 2.45) is 5.41 Å². The number of hydrogen-bond donors (Lipinski definition) is 4. The summed E-state index contributed by atoms with van der Waals surface area (Å²) < 4.78 is 6.19. The third kappa shape index (κ3) is 7.05. The minimum atomic E-state index is -0.417. The van der Waals surface area contributed by atoms with Gasteiger partial charge in [-0.2, -0.15) is 0 Å². The van der Waals surface area contributed by atoms with Gasteiger partial charge in [-0.3, -0.25) is 4.79 Å². The molecule has 0 atom stereocenters. The van der Waals surface area contributed by atoms with Gasteiger partial charge in [0.1, 0.15) is 17.9 Å². The predicted octanol–water partition coefficient (Wildman–Crippen LogP) is 3.08. The molecule has 0 saturated carbocycles. The molecule has 1 amide bonds. The number of nitrogens with zero attached hydrogens (tertiary/aromatic N) is 1. The van der Waals surface area contributed by atoms with Crippen LogP contribution in [0.15, 0.2) is 47.3 Å². The van der Waals surface area contributed by atoms with Crippen molar-refractivity contribution < 1.29 is 19.7 Å². The van der Waals surface area contributed by atoms with Crippen molar-refractivity contribution in [1.82, 2.24) is 15.2 Å². The summed E-state index contributed by atoms with van der Waals surface area (Å²) in [5.74, 6) is 0.0320. The number of amides is 1. The van der Waals surface area contributed by atoms with E-state index in [1.165, 1.54) is 0 Å². The van der Waals surface area contributed by atoms with E-state index >= 15 is 0 Å². The average Bonchev–Trinajstić information content (AvgIpc) is 3.20. The Hall–Kier alpha value is -2.88. The predicted molar refractivity (Wildman–Crippen MR) is 130 cm³/mol. The molecule has 33 heavy (non-hydrogen) atoms. The van der Waals surface area contributed by atoms with Crippen LogP contribution in [-0.2, 0) is 17.7 Å². The van der Waals surface area contributed by atoms with Gasteiger partial charge in [0.25, 0.3) is 0 Å². The average molecular weight is 474 g/mol. The summed E-state index contributed by atoms with van der Waals surface area (Å²) in [5, 5.41) is 22.5. The highest BCUT2D eigenvalue weighted by atomic mass is 32.1. The molecular formula is C24H31N3O5S. The molecule has 0 radical (unpaired) electrons. The van der Waals surface area contributed by atoms with Crippen molar-refractivity contribution in [3.63, 3.8) is 0 Å². The Morgan fingerprint density at radius 2 is 1.97 bits per heavy atom. The van der Waals surface area contributed by atoms with Crippen LogP contribution in [0.1, 0.15) is 25.0 Å². The molecule has 1 aromatic heterocycles. The molecule has 0 aliphatic heterocycles. The van der Waals surface area contributed by atoms with Crippen LogP contribution in [0.4, 0.5) is 4.79 Å². The SMILES string of the molecule is CC(C)(CO)CNCCOC(=O)N(CCc1ccc(O)c2[nH]c(=O)sc12)Cc1ccccc1. The third-order valence-electron chi connectivity index (χ3n) is 5.30. The number of carbonyl (C=O) groups excluding carboxylic acids is 1. The van der Waals surface area contributed by atoms with E-state index in [0.717, 1.165) is 22.5 Å². The molecule has 1 heterocycles. The minimum absolute atomic E-state index is 0.0320. The van der Waals surface area contributed by atoms with E-state index in [0.29, 0.717) is 42.8 Å². The number of fused-ring (bicyclic) bond motifs is 1. The number of H-pyrrole nitrogens is 1. The summed E-state index contributed by atoms with van der Waals surface area (Å²) in [6.45, 7) is 6.10. The van der Waals surface area contributed by atoms with E-state index in [9.17, 15) is 19.8 Å². The Morgan fingerprint density at radius 1 is 1.21 bits per heavy atom. The van der Waals surface area contributed by atoms with Gasteiger partial charge in [0.05, 0.1) is 4.70 Å². The number of carbonyl (C=O) groups is 1. The molecular weight excluding hydrogens is 442 g/mol. The molecule has 0 spiro atoms. The van der Waals surface area contributed by atoms with Gasteiger partial charge in [0, 0.05) is 38.2 Å². The van der Waals surface area contributed by atoms with Gasteiger partial charge in [-0.05, 0) is 23.6 Å². The Morgan fingerprint density at radius 3 is 2.70 bits per heavy atom. The first-order valence-corrected chi connectivity index (χ1v) is 11.7. The monoisotopic (exact) mass is 473 g/mol. The van der Waals surface area contributed by atoms with E-state index < -0.39 is 6.09 Å². The normalized spacial score (nSPS) is 11.6. The van der Waals surface area contributed by atoms with Crippen LogP contribution in [0, 0.1) is 5.41 Å². The lowest BCUT2D eigenvalue weighted by Crippen LogP contribution is -2.37. The summed E-state index contributed by atoms with van der Waals surface area (Å²) in [5.41, 5.74) is 2.06. The van der Waals surface area contributed by atoms with E-state index in [-0.39, 0.29) is 29.3 Å². The zero-order valence-electron chi connectivity index (χ0n) is 19.0. The number of benzene rings is 2. The fourth-order valence-corrected chi connectivity index (χ4v) is 4.25. The van der Waals surface area contributed by atoms with Gasteiger partial charge in [-0.1, -0.05) is 61.6 Å².